The molecule has 0 unspecified atom stereocenters. The van der Waals surface area contributed by atoms with Crippen molar-refractivity contribution in [3.05, 3.63) is 28.0 Å². The maximum absolute atomic E-state index is 13.8. The number of nitrogen functional groups attached to an aromatic ring is 1. The summed E-state index contributed by atoms with van der Waals surface area (Å²) < 4.78 is 19.3. The predicted octanol–water partition coefficient (Wildman–Crippen LogP) is 2.41. The van der Waals surface area contributed by atoms with E-state index in [1.54, 1.807) is 6.07 Å². The van der Waals surface area contributed by atoms with Gasteiger partial charge in [-0.1, -0.05) is 0 Å². The molecule has 0 saturated heterocycles. The van der Waals surface area contributed by atoms with Gasteiger partial charge in [0.15, 0.2) is 11.6 Å². The Balaban J connectivity index is 2.62. The minimum absolute atomic E-state index is 0.135. The Morgan fingerprint density at radius 3 is 2.72 bits per heavy atom. The Kier molecular flexibility index (Phi) is 6.07. The van der Waals surface area contributed by atoms with E-state index >= 15 is 0 Å². The number of amidine groups is 1. The Morgan fingerprint density at radius 2 is 2.11 bits per heavy atom. The number of benzene rings is 1. The average Bonchev–Trinajstić information content (AvgIpc) is 2.33. The number of aliphatic hydroxyl groups is 1. The molecule has 0 aliphatic rings. The van der Waals surface area contributed by atoms with Crippen molar-refractivity contribution in [1.29, 1.82) is 5.41 Å². The first kappa shape index (κ1) is 14.9. The number of hydrogen-bond donors (Lipinski definition) is 3. The molecule has 0 amide bonds. The van der Waals surface area contributed by atoms with Crippen molar-refractivity contribution in [2.45, 2.75) is 19.3 Å². The lowest BCUT2D eigenvalue weighted by Gasteiger charge is -2.10. The third-order valence-corrected chi connectivity index (χ3v) is 3.17. The highest BCUT2D eigenvalue weighted by molar-refractivity contribution is 9.10. The largest absolute Gasteiger partial charge is 0.490 e. The van der Waals surface area contributed by atoms with Gasteiger partial charge in [-0.3, -0.25) is 5.41 Å². The first-order valence-electron chi connectivity index (χ1n) is 5.64. The molecule has 0 aromatic heterocycles. The molecule has 0 aliphatic carbocycles. The molecular weight excluding hydrogens is 303 g/mol. The summed E-state index contributed by atoms with van der Waals surface area (Å²) in [6.07, 6.45) is 2.32. The molecule has 1 aromatic carbocycles. The van der Waals surface area contributed by atoms with Gasteiger partial charge in [-0.15, -0.1) is 0 Å². The van der Waals surface area contributed by atoms with Crippen molar-refractivity contribution in [2.75, 3.05) is 13.2 Å². The van der Waals surface area contributed by atoms with E-state index in [9.17, 15) is 4.39 Å². The van der Waals surface area contributed by atoms with Crippen LogP contribution in [-0.2, 0) is 0 Å². The van der Waals surface area contributed by atoms with E-state index in [1.165, 1.54) is 6.07 Å². The molecule has 100 valence electrons. The topological polar surface area (TPSA) is 79.3 Å². The summed E-state index contributed by atoms with van der Waals surface area (Å²) in [5, 5.41) is 15.9. The second-order valence-corrected chi connectivity index (χ2v) is 4.58. The highest BCUT2D eigenvalue weighted by Crippen LogP contribution is 2.28. The average molecular weight is 319 g/mol. The van der Waals surface area contributed by atoms with Crippen LogP contribution in [0.3, 0.4) is 0 Å². The van der Waals surface area contributed by atoms with Crippen LogP contribution in [0, 0.1) is 11.2 Å². The summed E-state index contributed by atoms with van der Waals surface area (Å²) in [6.45, 7) is 0.552. The van der Waals surface area contributed by atoms with Gasteiger partial charge in [0, 0.05) is 12.2 Å². The van der Waals surface area contributed by atoms with Crippen molar-refractivity contribution < 1.29 is 14.2 Å². The molecule has 0 aliphatic heterocycles. The number of unbranched alkanes of at least 4 members (excludes halogenated alkanes) is 2. The van der Waals surface area contributed by atoms with Gasteiger partial charge in [0.25, 0.3) is 0 Å². The van der Waals surface area contributed by atoms with E-state index in [4.69, 9.17) is 21.0 Å². The van der Waals surface area contributed by atoms with Crippen LogP contribution in [0.25, 0.3) is 0 Å². The molecule has 0 fully saturated rings. The van der Waals surface area contributed by atoms with Crippen LogP contribution in [0.5, 0.6) is 5.75 Å². The predicted molar refractivity (Wildman–Crippen MR) is 71.5 cm³/mol. The monoisotopic (exact) mass is 318 g/mol. The first-order valence-corrected chi connectivity index (χ1v) is 6.43. The van der Waals surface area contributed by atoms with Gasteiger partial charge in [0.1, 0.15) is 5.84 Å². The number of nitrogens with one attached hydrogen (secondary N) is 1. The standard InChI is InChI=1S/C12H16BrFN2O2/c13-10-8(12(15)16)4-5-9(11(10)14)18-7-3-1-2-6-17/h4-5,17H,1-3,6-7H2,(H3,15,16). The highest BCUT2D eigenvalue weighted by atomic mass is 79.9. The number of hydrogen-bond acceptors (Lipinski definition) is 3. The number of aliphatic hydroxyl groups excluding tert-OH is 1. The minimum atomic E-state index is -0.551. The second-order valence-electron chi connectivity index (χ2n) is 3.79. The van der Waals surface area contributed by atoms with E-state index < -0.39 is 5.82 Å². The van der Waals surface area contributed by atoms with Crippen molar-refractivity contribution >= 4 is 21.8 Å². The summed E-state index contributed by atoms with van der Waals surface area (Å²) in [5.41, 5.74) is 5.62. The van der Waals surface area contributed by atoms with E-state index in [2.05, 4.69) is 15.9 Å². The zero-order valence-corrected chi connectivity index (χ0v) is 11.5. The molecule has 1 rings (SSSR count). The van der Waals surface area contributed by atoms with Gasteiger partial charge in [0.05, 0.1) is 11.1 Å². The number of ether oxygens (including phenoxy) is 1. The smallest absolute Gasteiger partial charge is 0.179 e. The lowest BCUT2D eigenvalue weighted by molar-refractivity contribution is 0.261. The molecule has 4 nitrogen and oxygen atoms in total. The van der Waals surface area contributed by atoms with Crippen LogP contribution in [-0.4, -0.2) is 24.2 Å². The van der Waals surface area contributed by atoms with Crippen molar-refractivity contribution in [2.24, 2.45) is 5.73 Å². The molecule has 4 N–H and O–H groups in total. The molecule has 0 spiro atoms. The van der Waals surface area contributed by atoms with Gasteiger partial charge in [-0.2, -0.15) is 0 Å². The minimum Gasteiger partial charge on any atom is -0.490 e. The van der Waals surface area contributed by atoms with Gasteiger partial charge in [-0.25, -0.2) is 4.39 Å². The molecule has 0 atom stereocenters. The van der Waals surface area contributed by atoms with Crippen LogP contribution >= 0.6 is 15.9 Å². The fourth-order valence-corrected chi connectivity index (χ4v) is 1.97. The van der Waals surface area contributed by atoms with Crippen molar-refractivity contribution in [1.82, 2.24) is 0 Å². The number of halogens is 2. The maximum Gasteiger partial charge on any atom is 0.179 e. The van der Waals surface area contributed by atoms with Crippen LogP contribution in [0.1, 0.15) is 24.8 Å². The van der Waals surface area contributed by atoms with Gasteiger partial charge < -0.3 is 15.6 Å². The van der Waals surface area contributed by atoms with Crippen molar-refractivity contribution in [3.8, 4) is 5.75 Å². The summed E-state index contributed by atoms with van der Waals surface area (Å²) in [7, 11) is 0. The fraction of sp³-hybridized carbons (Fsp3) is 0.417. The molecule has 6 heteroatoms. The molecule has 18 heavy (non-hydrogen) atoms. The van der Waals surface area contributed by atoms with Gasteiger partial charge in [-0.05, 0) is 47.3 Å². The van der Waals surface area contributed by atoms with Crippen molar-refractivity contribution in [3.63, 3.8) is 0 Å². The molecule has 0 bridgehead atoms. The molecule has 0 saturated carbocycles. The van der Waals surface area contributed by atoms with Crippen LogP contribution < -0.4 is 10.5 Å². The Morgan fingerprint density at radius 1 is 1.39 bits per heavy atom. The quantitative estimate of drug-likeness (QED) is 0.410. The van der Waals surface area contributed by atoms with E-state index in [-0.39, 0.29) is 22.7 Å². The normalized spacial score (nSPS) is 10.4. The molecule has 1 aromatic rings. The molecule has 0 radical (unpaired) electrons. The van der Waals surface area contributed by atoms with Crippen LogP contribution in [0.2, 0.25) is 0 Å². The Bertz CT molecular complexity index is 427. The summed E-state index contributed by atoms with van der Waals surface area (Å²) >= 11 is 3.06. The lowest BCUT2D eigenvalue weighted by atomic mass is 10.2. The Labute approximate surface area is 114 Å². The molecule has 0 heterocycles. The number of rotatable bonds is 7. The summed E-state index contributed by atoms with van der Waals surface area (Å²) in [5.74, 6) is -0.615. The third-order valence-electron chi connectivity index (χ3n) is 2.40. The van der Waals surface area contributed by atoms with Gasteiger partial charge >= 0.3 is 0 Å². The summed E-state index contributed by atoms with van der Waals surface area (Å²) in [6, 6.07) is 3.00. The van der Waals surface area contributed by atoms with Gasteiger partial charge in [0.2, 0.25) is 0 Å². The number of nitrogens with two attached hydrogens (primary N) is 1. The molecular formula is C12H16BrFN2O2. The van der Waals surface area contributed by atoms with E-state index in [0.717, 1.165) is 19.3 Å². The fourth-order valence-electron chi connectivity index (χ4n) is 1.42. The second kappa shape index (κ2) is 7.33. The van der Waals surface area contributed by atoms with Crippen LogP contribution in [0.4, 0.5) is 4.39 Å². The third kappa shape index (κ3) is 3.96. The Hall–Kier alpha value is -1.14. The van der Waals surface area contributed by atoms with Crippen LogP contribution in [0.15, 0.2) is 16.6 Å². The first-order chi connectivity index (χ1) is 8.57. The zero-order valence-electron chi connectivity index (χ0n) is 9.88. The van der Waals surface area contributed by atoms with E-state index in [1.807, 2.05) is 0 Å². The lowest BCUT2D eigenvalue weighted by Crippen LogP contribution is -2.13. The highest BCUT2D eigenvalue weighted by Gasteiger charge is 2.13. The SMILES string of the molecule is N=C(N)c1ccc(OCCCCCO)c(F)c1Br. The zero-order chi connectivity index (χ0) is 13.5. The maximum atomic E-state index is 13.8. The summed E-state index contributed by atoms with van der Waals surface area (Å²) in [4.78, 5) is 0. The van der Waals surface area contributed by atoms with E-state index in [0.29, 0.717) is 12.2 Å².